The second-order valence-electron chi connectivity index (χ2n) is 7.36. The summed E-state index contributed by atoms with van der Waals surface area (Å²) in [7, 11) is -2.86. The highest BCUT2D eigenvalue weighted by Crippen LogP contribution is 2.39. The van der Waals surface area contributed by atoms with Crippen molar-refractivity contribution in [2.45, 2.75) is 11.8 Å². The highest BCUT2D eigenvalue weighted by atomic mass is 35.5. The molecule has 3 aromatic carbocycles. The molecule has 1 aliphatic heterocycles. The number of carbonyl (C=O) groups excluding carboxylic acids is 2. The molecule has 2 amide bonds. The second kappa shape index (κ2) is 9.20. The van der Waals surface area contributed by atoms with Gasteiger partial charge in [-0.3, -0.25) is 15.0 Å². The van der Waals surface area contributed by atoms with E-state index in [1.54, 1.807) is 42.5 Å². The molecule has 0 bridgehead atoms. The van der Waals surface area contributed by atoms with E-state index < -0.39 is 21.9 Å². The molecule has 1 heterocycles. The first-order valence-corrected chi connectivity index (χ1v) is 11.8. The molecule has 0 aromatic heterocycles. The molecule has 8 nitrogen and oxygen atoms in total. The monoisotopic (exact) mass is 498 g/mol. The molecule has 0 spiro atoms. The Labute approximate surface area is 201 Å². The molecular weight excluding hydrogens is 480 g/mol. The summed E-state index contributed by atoms with van der Waals surface area (Å²) in [6, 6.07) is 17.6. The van der Waals surface area contributed by atoms with Crippen molar-refractivity contribution in [1.29, 1.82) is 0 Å². The lowest BCUT2D eigenvalue weighted by Gasteiger charge is -2.14. The van der Waals surface area contributed by atoms with Crippen molar-refractivity contribution in [1.82, 2.24) is 5.43 Å². The number of halogens is 1. The molecule has 34 heavy (non-hydrogen) atoms. The summed E-state index contributed by atoms with van der Waals surface area (Å²) in [5, 5.41) is 1.06. The Hall–Kier alpha value is -3.82. The van der Waals surface area contributed by atoms with E-state index in [1.807, 2.05) is 6.92 Å². The fourth-order valence-corrected chi connectivity index (χ4v) is 4.51. The number of para-hydroxylation sites is 1. The van der Waals surface area contributed by atoms with Crippen molar-refractivity contribution in [3.8, 4) is 11.5 Å². The van der Waals surface area contributed by atoms with Crippen LogP contribution in [-0.2, 0) is 19.7 Å². The first-order chi connectivity index (χ1) is 16.2. The largest absolute Gasteiger partial charge is 0.493 e. The molecule has 174 valence electrons. The van der Waals surface area contributed by atoms with Gasteiger partial charge < -0.3 is 8.92 Å². The van der Waals surface area contributed by atoms with Gasteiger partial charge in [0, 0.05) is 0 Å². The highest BCUT2D eigenvalue weighted by Gasteiger charge is 2.34. The molecule has 1 fully saturated rings. The van der Waals surface area contributed by atoms with Gasteiger partial charge in [-0.05, 0) is 55.0 Å². The topological polar surface area (TPSA) is 102 Å². The molecule has 0 aliphatic carbocycles. The van der Waals surface area contributed by atoms with Crippen LogP contribution in [0.15, 0.2) is 77.2 Å². The minimum Gasteiger partial charge on any atom is -0.493 e. The third-order valence-electron chi connectivity index (χ3n) is 4.97. The third-order valence-corrected chi connectivity index (χ3v) is 6.49. The molecule has 10 heteroatoms. The molecule has 0 atom stereocenters. The number of hydrogen-bond donors (Lipinski definition) is 1. The lowest BCUT2D eigenvalue weighted by molar-refractivity contribution is -0.117. The van der Waals surface area contributed by atoms with E-state index in [0.29, 0.717) is 11.3 Å². The van der Waals surface area contributed by atoms with Crippen LogP contribution in [-0.4, -0.2) is 27.3 Å². The number of ether oxygens (including phenoxy) is 1. The van der Waals surface area contributed by atoms with Crippen LogP contribution in [0, 0.1) is 6.92 Å². The zero-order valence-corrected chi connectivity index (χ0v) is 19.7. The number of nitrogens with zero attached hydrogens (tertiary/aromatic N) is 1. The van der Waals surface area contributed by atoms with E-state index in [4.69, 9.17) is 20.5 Å². The van der Waals surface area contributed by atoms with Gasteiger partial charge in [0.1, 0.15) is 10.5 Å². The van der Waals surface area contributed by atoms with E-state index in [2.05, 4.69) is 5.43 Å². The van der Waals surface area contributed by atoms with Gasteiger partial charge in [-0.2, -0.15) is 8.42 Å². The molecule has 0 saturated carbocycles. The molecule has 1 N–H and O–H groups in total. The standard InChI is InChI=1S/C24H19ClN2O6S/c1-15-8-10-18(11-9-15)34(30,31)33-22-20(25)13-16(14-21(22)32-2)12-19-23(28)26-27(24(19)29)17-6-4-3-5-7-17/h3-14H,1-2H3,(H,26,28)/b19-12+. The minimum atomic E-state index is -4.18. The average Bonchev–Trinajstić information content (AvgIpc) is 3.09. The zero-order valence-electron chi connectivity index (χ0n) is 18.1. The van der Waals surface area contributed by atoms with Crippen LogP contribution in [0.5, 0.6) is 11.5 Å². The molecule has 1 aliphatic rings. The number of rotatable bonds is 6. The number of hydrogen-bond acceptors (Lipinski definition) is 6. The number of methoxy groups -OCH3 is 1. The highest BCUT2D eigenvalue weighted by molar-refractivity contribution is 7.87. The van der Waals surface area contributed by atoms with Gasteiger partial charge in [0.15, 0.2) is 5.75 Å². The van der Waals surface area contributed by atoms with Gasteiger partial charge >= 0.3 is 10.1 Å². The van der Waals surface area contributed by atoms with Crippen molar-refractivity contribution in [2.75, 3.05) is 12.1 Å². The van der Waals surface area contributed by atoms with Crippen molar-refractivity contribution < 1.29 is 26.9 Å². The molecule has 0 unspecified atom stereocenters. The summed E-state index contributed by atoms with van der Waals surface area (Å²) < 4.78 is 35.9. The van der Waals surface area contributed by atoms with E-state index in [1.165, 1.54) is 37.5 Å². The maximum atomic E-state index is 12.8. The Morgan fingerprint density at radius 1 is 1.00 bits per heavy atom. The van der Waals surface area contributed by atoms with Gasteiger partial charge in [-0.15, -0.1) is 0 Å². The molecule has 1 saturated heterocycles. The van der Waals surface area contributed by atoms with Crippen molar-refractivity contribution >= 4 is 45.3 Å². The van der Waals surface area contributed by atoms with Crippen molar-refractivity contribution in [3.05, 3.63) is 88.5 Å². The van der Waals surface area contributed by atoms with Crippen LogP contribution in [0.25, 0.3) is 6.08 Å². The zero-order chi connectivity index (χ0) is 24.5. The summed E-state index contributed by atoms with van der Waals surface area (Å²) in [6.45, 7) is 1.83. The first-order valence-electron chi connectivity index (χ1n) is 10.0. The SMILES string of the molecule is COc1cc(/C=C2\C(=O)NN(c3ccccc3)C2=O)cc(Cl)c1OS(=O)(=O)c1ccc(C)cc1. The van der Waals surface area contributed by atoms with Crippen LogP contribution in [0.2, 0.25) is 5.02 Å². The summed E-state index contributed by atoms with van der Waals surface area (Å²) in [5.74, 6) is -1.33. The van der Waals surface area contributed by atoms with Crippen LogP contribution >= 0.6 is 11.6 Å². The van der Waals surface area contributed by atoms with Crippen LogP contribution in [0.1, 0.15) is 11.1 Å². The quantitative estimate of drug-likeness (QED) is 0.314. The van der Waals surface area contributed by atoms with Crippen LogP contribution in [0.4, 0.5) is 5.69 Å². The molecule has 3 aromatic rings. The fraction of sp³-hybridized carbons (Fsp3) is 0.0833. The Balaban J connectivity index is 1.66. The van der Waals surface area contributed by atoms with E-state index >= 15 is 0 Å². The number of anilines is 1. The normalized spacial score (nSPS) is 14.9. The van der Waals surface area contributed by atoms with Crippen LogP contribution in [0.3, 0.4) is 0 Å². The van der Waals surface area contributed by atoms with Gasteiger partial charge in [0.2, 0.25) is 5.75 Å². The summed E-state index contributed by atoms with van der Waals surface area (Å²) >= 11 is 6.32. The smallest absolute Gasteiger partial charge is 0.339 e. The van der Waals surface area contributed by atoms with Crippen LogP contribution < -0.4 is 19.4 Å². The number of aryl methyl sites for hydroxylation is 1. The minimum absolute atomic E-state index is 0.0146. The van der Waals surface area contributed by atoms with E-state index in [0.717, 1.165) is 10.6 Å². The predicted molar refractivity (Wildman–Crippen MR) is 127 cm³/mol. The number of nitrogens with one attached hydrogen (secondary N) is 1. The third kappa shape index (κ3) is 4.61. The summed E-state index contributed by atoms with van der Waals surface area (Å²) in [4.78, 5) is 25.2. The van der Waals surface area contributed by atoms with E-state index in [-0.39, 0.29) is 27.0 Å². The Bertz CT molecular complexity index is 1400. The van der Waals surface area contributed by atoms with E-state index in [9.17, 15) is 18.0 Å². The Morgan fingerprint density at radius 2 is 1.68 bits per heavy atom. The predicted octanol–water partition coefficient (Wildman–Crippen LogP) is 3.89. The van der Waals surface area contributed by atoms with Gasteiger partial charge in [0.05, 0.1) is 17.8 Å². The summed E-state index contributed by atoms with van der Waals surface area (Å²) in [5.41, 5.74) is 4.12. The average molecular weight is 499 g/mol. The van der Waals surface area contributed by atoms with Crippen molar-refractivity contribution in [3.63, 3.8) is 0 Å². The maximum Gasteiger partial charge on any atom is 0.339 e. The second-order valence-corrected chi connectivity index (χ2v) is 9.31. The molecule has 0 radical (unpaired) electrons. The maximum absolute atomic E-state index is 12.8. The number of hydrazine groups is 1. The lowest BCUT2D eigenvalue weighted by Crippen LogP contribution is -2.35. The number of carbonyl (C=O) groups is 2. The Morgan fingerprint density at radius 3 is 2.32 bits per heavy atom. The fourth-order valence-electron chi connectivity index (χ4n) is 3.25. The molecular formula is C24H19ClN2O6S. The van der Waals surface area contributed by atoms with Gasteiger partial charge in [-0.25, -0.2) is 5.01 Å². The molecule has 4 rings (SSSR count). The lowest BCUT2D eigenvalue weighted by atomic mass is 10.1. The van der Waals surface area contributed by atoms with Gasteiger partial charge in [-0.1, -0.05) is 47.5 Å². The number of amides is 2. The number of benzene rings is 3. The first kappa shape index (κ1) is 23.3. The Kier molecular flexibility index (Phi) is 6.32. The van der Waals surface area contributed by atoms with Crippen molar-refractivity contribution in [2.24, 2.45) is 0 Å². The van der Waals surface area contributed by atoms with Gasteiger partial charge in [0.25, 0.3) is 11.8 Å². The summed E-state index contributed by atoms with van der Waals surface area (Å²) in [6.07, 6.45) is 1.34.